The van der Waals surface area contributed by atoms with Crippen molar-refractivity contribution in [1.29, 1.82) is 0 Å². The van der Waals surface area contributed by atoms with Gasteiger partial charge in [0.25, 0.3) is 0 Å². The standard InChI is InChI=1S/C17H18O3/c1-9-4-6-11(7-5-9)14-10(2)15-12(18)8-13(20-3)17(19)16(14)15/h4-8,10,14-16H,1-3H3/t10-,14+,15+,16+/m1/s1. The first-order chi connectivity index (χ1) is 9.54. The second-order valence-corrected chi connectivity index (χ2v) is 5.83. The Labute approximate surface area is 118 Å². The van der Waals surface area contributed by atoms with Crippen LogP contribution in [0.5, 0.6) is 0 Å². The molecule has 0 aliphatic heterocycles. The van der Waals surface area contributed by atoms with Crippen molar-refractivity contribution >= 4 is 11.6 Å². The Morgan fingerprint density at radius 2 is 1.65 bits per heavy atom. The molecule has 1 saturated carbocycles. The molecule has 0 spiro atoms. The molecule has 1 aromatic rings. The third kappa shape index (κ3) is 1.73. The first kappa shape index (κ1) is 13.1. The molecular weight excluding hydrogens is 252 g/mol. The molecule has 3 heteroatoms. The molecule has 0 amide bonds. The lowest BCUT2D eigenvalue weighted by atomic mass is 9.51. The van der Waals surface area contributed by atoms with Gasteiger partial charge in [0, 0.05) is 17.9 Å². The molecule has 0 saturated heterocycles. The minimum atomic E-state index is -0.250. The summed E-state index contributed by atoms with van der Waals surface area (Å²) < 4.78 is 5.06. The van der Waals surface area contributed by atoms with Crippen LogP contribution in [0.15, 0.2) is 36.1 Å². The van der Waals surface area contributed by atoms with Crippen molar-refractivity contribution in [3.63, 3.8) is 0 Å². The largest absolute Gasteiger partial charge is 0.493 e. The molecule has 2 aliphatic rings. The molecule has 0 N–H and O–H groups in total. The van der Waals surface area contributed by atoms with E-state index in [1.54, 1.807) is 0 Å². The summed E-state index contributed by atoms with van der Waals surface area (Å²) in [4.78, 5) is 24.5. The van der Waals surface area contributed by atoms with Gasteiger partial charge in [-0.25, -0.2) is 0 Å². The van der Waals surface area contributed by atoms with Gasteiger partial charge >= 0.3 is 0 Å². The second-order valence-electron chi connectivity index (χ2n) is 5.83. The third-order valence-corrected chi connectivity index (χ3v) is 4.74. The molecule has 0 aromatic heterocycles. The fourth-order valence-corrected chi connectivity index (χ4v) is 3.64. The predicted octanol–water partition coefficient (Wildman–Crippen LogP) is 2.64. The van der Waals surface area contributed by atoms with E-state index in [9.17, 15) is 9.59 Å². The zero-order valence-corrected chi connectivity index (χ0v) is 11.9. The summed E-state index contributed by atoms with van der Waals surface area (Å²) >= 11 is 0. The fraction of sp³-hybridized carbons (Fsp3) is 0.412. The molecule has 3 rings (SSSR count). The Balaban J connectivity index is 1.96. The number of hydrogen-bond donors (Lipinski definition) is 0. The van der Waals surface area contributed by atoms with Crippen molar-refractivity contribution in [3.8, 4) is 0 Å². The number of methoxy groups -OCH3 is 1. The number of carbonyl (C=O) groups is 2. The average Bonchev–Trinajstić information content (AvgIpc) is 2.43. The van der Waals surface area contributed by atoms with Crippen molar-refractivity contribution in [3.05, 3.63) is 47.2 Å². The highest BCUT2D eigenvalue weighted by atomic mass is 16.5. The minimum Gasteiger partial charge on any atom is -0.493 e. The predicted molar refractivity (Wildman–Crippen MR) is 75.2 cm³/mol. The van der Waals surface area contributed by atoms with Gasteiger partial charge in [0.2, 0.25) is 5.78 Å². The van der Waals surface area contributed by atoms with Crippen molar-refractivity contribution in [2.45, 2.75) is 19.8 Å². The SMILES string of the molecule is COC1=CC(=O)[C@@H]2[C@H](C)[C@@H](c3ccc(C)cc3)[C@@H]2C1=O. The van der Waals surface area contributed by atoms with E-state index in [-0.39, 0.29) is 41.0 Å². The van der Waals surface area contributed by atoms with Gasteiger partial charge < -0.3 is 4.74 Å². The van der Waals surface area contributed by atoms with E-state index in [1.807, 2.05) is 6.92 Å². The van der Waals surface area contributed by atoms with Crippen molar-refractivity contribution in [2.75, 3.05) is 7.11 Å². The highest BCUT2D eigenvalue weighted by molar-refractivity contribution is 6.11. The van der Waals surface area contributed by atoms with Crippen LogP contribution in [0.25, 0.3) is 0 Å². The number of aryl methyl sites for hydroxylation is 1. The number of fused-ring (bicyclic) bond motifs is 1. The third-order valence-electron chi connectivity index (χ3n) is 4.74. The van der Waals surface area contributed by atoms with Crippen LogP contribution in [0.2, 0.25) is 0 Å². The van der Waals surface area contributed by atoms with Gasteiger partial charge in [-0.15, -0.1) is 0 Å². The van der Waals surface area contributed by atoms with Gasteiger partial charge in [0.05, 0.1) is 7.11 Å². The van der Waals surface area contributed by atoms with Crippen LogP contribution >= 0.6 is 0 Å². The summed E-state index contributed by atoms with van der Waals surface area (Å²) in [5, 5.41) is 0. The van der Waals surface area contributed by atoms with Crippen LogP contribution in [0.3, 0.4) is 0 Å². The quantitative estimate of drug-likeness (QED) is 0.829. The number of Topliss-reactive ketones (excluding diaryl/α,β-unsaturated/α-hetero) is 1. The number of ketones is 2. The Hall–Kier alpha value is -1.90. The van der Waals surface area contributed by atoms with Gasteiger partial charge in [-0.05, 0) is 24.3 Å². The van der Waals surface area contributed by atoms with Gasteiger partial charge in [0.1, 0.15) is 0 Å². The van der Waals surface area contributed by atoms with E-state index in [1.165, 1.54) is 18.7 Å². The Morgan fingerprint density at radius 3 is 2.25 bits per heavy atom. The van der Waals surface area contributed by atoms with Gasteiger partial charge in [-0.1, -0.05) is 36.8 Å². The van der Waals surface area contributed by atoms with Crippen LogP contribution in [0.1, 0.15) is 24.0 Å². The average molecular weight is 270 g/mol. The smallest absolute Gasteiger partial charge is 0.201 e. The second kappa shape index (κ2) is 4.58. The summed E-state index contributed by atoms with van der Waals surface area (Å²) in [6.07, 6.45) is 1.37. The van der Waals surface area contributed by atoms with Crippen LogP contribution in [-0.4, -0.2) is 18.7 Å². The van der Waals surface area contributed by atoms with E-state index in [0.29, 0.717) is 0 Å². The number of hydrogen-bond acceptors (Lipinski definition) is 3. The molecule has 4 atom stereocenters. The first-order valence-corrected chi connectivity index (χ1v) is 6.95. The molecule has 0 unspecified atom stereocenters. The molecule has 1 aromatic carbocycles. The maximum Gasteiger partial charge on any atom is 0.201 e. The maximum atomic E-state index is 12.4. The molecule has 0 bridgehead atoms. The van der Waals surface area contributed by atoms with Gasteiger partial charge in [-0.2, -0.15) is 0 Å². The normalized spacial score (nSPS) is 32.2. The lowest BCUT2D eigenvalue weighted by Crippen LogP contribution is -2.53. The molecule has 0 radical (unpaired) electrons. The molecule has 20 heavy (non-hydrogen) atoms. The van der Waals surface area contributed by atoms with E-state index in [4.69, 9.17) is 4.74 Å². The lowest BCUT2D eigenvalue weighted by molar-refractivity contribution is -0.144. The van der Waals surface area contributed by atoms with Crippen molar-refractivity contribution in [2.24, 2.45) is 17.8 Å². The zero-order valence-electron chi connectivity index (χ0n) is 11.9. The van der Waals surface area contributed by atoms with E-state index in [2.05, 4.69) is 31.2 Å². The summed E-state index contributed by atoms with van der Waals surface area (Å²) in [7, 11) is 1.44. The number of rotatable bonds is 2. The molecule has 104 valence electrons. The fourth-order valence-electron chi connectivity index (χ4n) is 3.64. The first-order valence-electron chi connectivity index (χ1n) is 6.95. The summed E-state index contributed by atoms with van der Waals surface area (Å²) in [6.45, 7) is 4.10. The van der Waals surface area contributed by atoms with Crippen LogP contribution in [0, 0.1) is 24.7 Å². The van der Waals surface area contributed by atoms with Crippen LogP contribution in [-0.2, 0) is 14.3 Å². The number of benzene rings is 1. The van der Waals surface area contributed by atoms with Crippen molar-refractivity contribution < 1.29 is 14.3 Å². The minimum absolute atomic E-state index is 0.0271. The highest BCUT2D eigenvalue weighted by Crippen LogP contribution is 2.55. The van der Waals surface area contributed by atoms with Gasteiger partial charge in [-0.3, -0.25) is 9.59 Å². The monoisotopic (exact) mass is 270 g/mol. The summed E-state index contributed by atoms with van der Waals surface area (Å²) in [5.74, 6) is 0.112. The number of ether oxygens (including phenoxy) is 1. The van der Waals surface area contributed by atoms with Crippen LogP contribution in [0.4, 0.5) is 0 Å². The zero-order chi connectivity index (χ0) is 14.4. The molecular formula is C17H18O3. The van der Waals surface area contributed by atoms with Crippen molar-refractivity contribution in [1.82, 2.24) is 0 Å². The molecule has 1 fully saturated rings. The maximum absolute atomic E-state index is 12.4. The number of carbonyl (C=O) groups excluding carboxylic acids is 2. The van der Waals surface area contributed by atoms with E-state index >= 15 is 0 Å². The topological polar surface area (TPSA) is 43.4 Å². The molecule has 0 heterocycles. The van der Waals surface area contributed by atoms with Crippen LogP contribution < -0.4 is 0 Å². The Bertz CT molecular complexity index is 597. The highest BCUT2D eigenvalue weighted by Gasteiger charge is 2.57. The van der Waals surface area contributed by atoms with E-state index < -0.39 is 0 Å². The summed E-state index contributed by atoms with van der Waals surface area (Å²) in [6, 6.07) is 8.24. The van der Waals surface area contributed by atoms with Gasteiger partial charge in [0.15, 0.2) is 11.5 Å². The number of allylic oxidation sites excluding steroid dienone is 2. The lowest BCUT2D eigenvalue weighted by Gasteiger charge is -2.50. The van der Waals surface area contributed by atoms with E-state index in [0.717, 1.165) is 5.56 Å². The molecule has 2 aliphatic carbocycles. The molecule has 3 nitrogen and oxygen atoms in total. The Morgan fingerprint density at radius 1 is 1.00 bits per heavy atom. The Kier molecular flexibility index (Phi) is 3.00. The summed E-state index contributed by atoms with van der Waals surface area (Å²) in [5.41, 5.74) is 2.34.